The monoisotopic (exact) mass is 268 g/mol. The van der Waals surface area contributed by atoms with Gasteiger partial charge in [-0.25, -0.2) is 0 Å². The lowest BCUT2D eigenvalue weighted by Gasteiger charge is -2.26. The molecule has 1 aliphatic rings. The molecule has 1 fully saturated rings. The first kappa shape index (κ1) is 13.5. The first-order chi connectivity index (χ1) is 8.69. The third-order valence-electron chi connectivity index (χ3n) is 3.63. The first-order valence-corrected chi connectivity index (χ1v) is 6.90. The Morgan fingerprint density at radius 3 is 2.72 bits per heavy atom. The molecular formula is C14H21ClN2O. The molecule has 1 aromatic carbocycles. The number of ether oxygens (including phenoxy) is 1. The molecule has 4 heteroatoms. The van der Waals surface area contributed by atoms with Crippen LogP contribution in [0.3, 0.4) is 0 Å². The van der Waals surface area contributed by atoms with Crippen LogP contribution in [0.5, 0.6) is 5.75 Å². The third-order valence-corrected chi connectivity index (χ3v) is 3.87. The largest absolute Gasteiger partial charge is 0.495 e. The molecule has 3 N–H and O–H groups in total. The summed E-state index contributed by atoms with van der Waals surface area (Å²) >= 11 is 6.00. The summed E-state index contributed by atoms with van der Waals surface area (Å²) in [5.41, 5.74) is 6.88. The minimum absolute atomic E-state index is 0.405. The van der Waals surface area contributed by atoms with Gasteiger partial charge in [-0.15, -0.1) is 0 Å². The Bertz CT molecular complexity index is 389. The Morgan fingerprint density at radius 2 is 2.06 bits per heavy atom. The molecule has 0 radical (unpaired) electrons. The lowest BCUT2D eigenvalue weighted by molar-refractivity contribution is 0.338. The number of benzene rings is 1. The van der Waals surface area contributed by atoms with Crippen molar-refractivity contribution in [2.75, 3.05) is 19.0 Å². The van der Waals surface area contributed by atoms with Crippen LogP contribution >= 0.6 is 11.6 Å². The van der Waals surface area contributed by atoms with Crippen LogP contribution in [0.1, 0.15) is 25.7 Å². The average molecular weight is 269 g/mol. The highest BCUT2D eigenvalue weighted by Gasteiger charge is 2.18. The van der Waals surface area contributed by atoms with Crippen LogP contribution in [-0.4, -0.2) is 19.7 Å². The molecular weight excluding hydrogens is 248 g/mol. The fourth-order valence-corrected chi connectivity index (χ4v) is 2.64. The van der Waals surface area contributed by atoms with Gasteiger partial charge in [-0.3, -0.25) is 0 Å². The molecule has 0 saturated heterocycles. The molecule has 0 spiro atoms. The zero-order valence-corrected chi connectivity index (χ0v) is 11.5. The van der Waals surface area contributed by atoms with Crippen molar-refractivity contribution in [3.05, 3.63) is 23.2 Å². The number of hydrogen-bond donors (Lipinski definition) is 2. The van der Waals surface area contributed by atoms with E-state index in [-0.39, 0.29) is 0 Å². The molecule has 0 aliphatic heterocycles. The van der Waals surface area contributed by atoms with Crippen molar-refractivity contribution >= 4 is 17.3 Å². The molecule has 0 aromatic heterocycles. The van der Waals surface area contributed by atoms with Gasteiger partial charge in [-0.2, -0.15) is 0 Å². The van der Waals surface area contributed by atoms with Gasteiger partial charge in [0.25, 0.3) is 0 Å². The number of nitrogens with one attached hydrogen (secondary N) is 1. The van der Waals surface area contributed by atoms with E-state index in [0.717, 1.165) is 35.8 Å². The number of nitrogens with two attached hydrogens (primary N) is 1. The Kier molecular flexibility index (Phi) is 4.72. The van der Waals surface area contributed by atoms with Gasteiger partial charge in [0, 0.05) is 17.6 Å². The molecule has 0 heterocycles. The van der Waals surface area contributed by atoms with Crippen LogP contribution in [0, 0.1) is 5.92 Å². The highest BCUT2D eigenvalue weighted by atomic mass is 35.5. The Morgan fingerprint density at radius 1 is 1.33 bits per heavy atom. The zero-order chi connectivity index (χ0) is 13.0. The first-order valence-electron chi connectivity index (χ1n) is 6.52. The highest BCUT2D eigenvalue weighted by molar-refractivity contribution is 6.30. The topological polar surface area (TPSA) is 47.3 Å². The molecule has 100 valence electrons. The standard InChI is InChI=1S/C14H21ClN2O/c1-18-14-7-4-11(15)8-13(14)17-9-10-2-5-12(16)6-3-10/h4,7-8,10,12,17H,2-3,5-6,9,16H2,1H3/t10-,12-. The molecule has 0 atom stereocenters. The van der Waals surface area contributed by atoms with Gasteiger partial charge in [0.2, 0.25) is 0 Å². The second kappa shape index (κ2) is 6.30. The van der Waals surface area contributed by atoms with Gasteiger partial charge >= 0.3 is 0 Å². The summed E-state index contributed by atoms with van der Waals surface area (Å²) < 4.78 is 5.32. The summed E-state index contributed by atoms with van der Waals surface area (Å²) in [6.07, 6.45) is 4.69. The van der Waals surface area contributed by atoms with E-state index in [1.807, 2.05) is 18.2 Å². The summed E-state index contributed by atoms with van der Waals surface area (Å²) in [6.45, 7) is 0.962. The number of rotatable bonds is 4. The minimum atomic E-state index is 0.405. The normalized spacial score (nSPS) is 23.7. The third kappa shape index (κ3) is 3.53. The number of methoxy groups -OCH3 is 1. The summed E-state index contributed by atoms with van der Waals surface area (Å²) in [5, 5.41) is 4.17. The van der Waals surface area contributed by atoms with E-state index in [4.69, 9.17) is 22.1 Å². The van der Waals surface area contributed by atoms with Gasteiger partial charge < -0.3 is 15.8 Å². The highest BCUT2D eigenvalue weighted by Crippen LogP contribution is 2.29. The second-order valence-corrected chi connectivity index (χ2v) is 5.44. The van der Waals surface area contributed by atoms with Crippen molar-refractivity contribution in [2.24, 2.45) is 11.7 Å². The minimum Gasteiger partial charge on any atom is -0.495 e. The van der Waals surface area contributed by atoms with E-state index in [0.29, 0.717) is 12.0 Å². The Hall–Kier alpha value is -0.930. The van der Waals surface area contributed by atoms with Crippen molar-refractivity contribution in [2.45, 2.75) is 31.7 Å². The summed E-state index contributed by atoms with van der Waals surface area (Å²) in [7, 11) is 1.67. The quantitative estimate of drug-likeness (QED) is 0.881. The molecule has 0 amide bonds. The van der Waals surface area contributed by atoms with Gasteiger partial charge in [-0.05, 0) is 49.8 Å². The maximum atomic E-state index is 6.00. The van der Waals surface area contributed by atoms with Crippen molar-refractivity contribution in [1.82, 2.24) is 0 Å². The Balaban J connectivity index is 1.91. The van der Waals surface area contributed by atoms with Crippen LogP contribution in [0.15, 0.2) is 18.2 Å². The fourth-order valence-electron chi connectivity index (χ4n) is 2.47. The van der Waals surface area contributed by atoms with Crippen LogP contribution in [0.2, 0.25) is 5.02 Å². The lowest BCUT2D eigenvalue weighted by atomic mass is 9.86. The van der Waals surface area contributed by atoms with E-state index in [1.165, 1.54) is 12.8 Å². The average Bonchev–Trinajstić information content (AvgIpc) is 2.38. The molecule has 18 heavy (non-hydrogen) atoms. The van der Waals surface area contributed by atoms with Gasteiger partial charge in [0.1, 0.15) is 5.75 Å². The van der Waals surface area contributed by atoms with Crippen LogP contribution in [0.25, 0.3) is 0 Å². The summed E-state index contributed by atoms with van der Waals surface area (Å²) in [5.74, 6) is 1.54. The van der Waals surface area contributed by atoms with E-state index < -0.39 is 0 Å². The number of hydrogen-bond acceptors (Lipinski definition) is 3. The molecule has 1 aliphatic carbocycles. The van der Waals surface area contributed by atoms with Crippen molar-refractivity contribution in [3.8, 4) is 5.75 Å². The number of halogens is 1. The van der Waals surface area contributed by atoms with E-state index in [9.17, 15) is 0 Å². The lowest BCUT2D eigenvalue weighted by Crippen LogP contribution is -2.29. The summed E-state index contributed by atoms with van der Waals surface area (Å²) in [4.78, 5) is 0. The van der Waals surface area contributed by atoms with Crippen LogP contribution < -0.4 is 15.8 Å². The SMILES string of the molecule is COc1ccc(Cl)cc1NC[C@H]1CC[C@H](N)CC1. The molecule has 3 nitrogen and oxygen atoms in total. The van der Waals surface area contributed by atoms with Gasteiger partial charge in [-0.1, -0.05) is 11.6 Å². The summed E-state index contributed by atoms with van der Waals surface area (Å²) in [6, 6.07) is 6.05. The Labute approximate surface area is 114 Å². The van der Waals surface area contributed by atoms with Gasteiger partial charge in [0.05, 0.1) is 12.8 Å². The van der Waals surface area contributed by atoms with Crippen molar-refractivity contribution in [3.63, 3.8) is 0 Å². The van der Waals surface area contributed by atoms with Crippen LogP contribution in [-0.2, 0) is 0 Å². The second-order valence-electron chi connectivity index (χ2n) is 5.01. The van der Waals surface area contributed by atoms with Crippen LogP contribution in [0.4, 0.5) is 5.69 Å². The molecule has 0 bridgehead atoms. The molecule has 1 saturated carbocycles. The van der Waals surface area contributed by atoms with E-state index >= 15 is 0 Å². The maximum Gasteiger partial charge on any atom is 0.142 e. The van der Waals surface area contributed by atoms with Crippen molar-refractivity contribution < 1.29 is 4.74 Å². The zero-order valence-electron chi connectivity index (χ0n) is 10.8. The molecule has 1 aromatic rings. The van der Waals surface area contributed by atoms with E-state index in [2.05, 4.69) is 5.32 Å². The fraction of sp³-hybridized carbons (Fsp3) is 0.571. The van der Waals surface area contributed by atoms with Gasteiger partial charge in [0.15, 0.2) is 0 Å². The maximum absolute atomic E-state index is 6.00. The predicted molar refractivity (Wildman–Crippen MR) is 76.4 cm³/mol. The van der Waals surface area contributed by atoms with Crippen molar-refractivity contribution in [1.29, 1.82) is 0 Å². The molecule has 2 rings (SSSR count). The predicted octanol–water partition coefficient (Wildman–Crippen LogP) is 3.28. The molecule has 0 unspecified atom stereocenters. The van der Waals surface area contributed by atoms with E-state index in [1.54, 1.807) is 7.11 Å². The number of anilines is 1. The smallest absolute Gasteiger partial charge is 0.142 e.